The predicted octanol–water partition coefficient (Wildman–Crippen LogP) is 3.29. The maximum atomic E-state index is 13.1. The summed E-state index contributed by atoms with van der Waals surface area (Å²) in [5, 5.41) is 10.8. The van der Waals surface area contributed by atoms with Gasteiger partial charge in [-0.1, -0.05) is 0 Å². The van der Waals surface area contributed by atoms with E-state index in [-0.39, 0.29) is 0 Å². The Morgan fingerprint density at radius 1 is 1.22 bits per heavy atom. The van der Waals surface area contributed by atoms with E-state index in [1.54, 1.807) is 0 Å². The van der Waals surface area contributed by atoms with E-state index >= 15 is 0 Å². The molecule has 0 aliphatic carbocycles. The maximum Gasteiger partial charge on any atom is 0.423 e. The number of alkyl halides is 3. The number of fused-ring (bicyclic) bond motifs is 2. The molecule has 2 bridgehead atoms. The van der Waals surface area contributed by atoms with E-state index in [1.165, 1.54) is 6.07 Å². The van der Waals surface area contributed by atoms with Crippen LogP contribution in [0.15, 0.2) is 18.2 Å². The Labute approximate surface area is 131 Å². The Morgan fingerprint density at radius 3 is 2.57 bits per heavy atom. The van der Waals surface area contributed by atoms with Crippen LogP contribution in [-0.2, 0) is 6.18 Å². The van der Waals surface area contributed by atoms with Crippen molar-refractivity contribution in [3.05, 3.63) is 33.9 Å². The summed E-state index contributed by atoms with van der Waals surface area (Å²) >= 11 is 0. The van der Waals surface area contributed by atoms with Crippen LogP contribution in [0.3, 0.4) is 0 Å². The molecule has 2 atom stereocenters. The van der Waals surface area contributed by atoms with Crippen molar-refractivity contribution < 1.29 is 18.1 Å². The first-order valence-corrected chi connectivity index (χ1v) is 7.60. The minimum atomic E-state index is -4.74. The number of nitrogens with zero attached hydrogens (tertiary/aromatic N) is 3. The van der Waals surface area contributed by atoms with Crippen LogP contribution >= 0.6 is 0 Å². The van der Waals surface area contributed by atoms with Gasteiger partial charge in [0.15, 0.2) is 0 Å². The normalized spacial score (nSPS) is 25.5. The molecular weight excluding hydrogens is 311 g/mol. The van der Waals surface area contributed by atoms with Crippen molar-refractivity contribution >= 4 is 11.4 Å². The van der Waals surface area contributed by atoms with Crippen molar-refractivity contribution in [3.8, 4) is 0 Å². The Morgan fingerprint density at radius 2 is 1.91 bits per heavy atom. The molecule has 5 nitrogen and oxygen atoms in total. The molecule has 0 aromatic heterocycles. The van der Waals surface area contributed by atoms with Gasteiger partial charge in [0.2, 0.25) is 0 Å². The molecule has 2 heterocycles. The van der Waals surface area contributed by atoms with Gasteiger partial charge in [-0.3, -0.25) is 15.0 Å². The molecule has 2 saturated heterocycles. The van der Waals surface area contributed by atoms with E-state index in [9.17, 15) is 23.3 Å². The Bertz CT molecular complexity index is 620. The first-order valence-electron chi connectivity index (χ1n) is 7.60. The minimum absolute atomic E-state index is 0.326. The fraction of sp³-hybridized carbons (Fsp3) is 0.600. The van der Waals surface area contributed by atoms with Crippen molar-refractivity contribution in [1.29, 1.82) is 0 Å². The number of hydrogen-bond acceptors (Lipinski definition) is 4. The summed E-state index contributed by atoms with van der Waals surface area (Å²) in [6.45, 7) is 1.32. The maximum absolute atomic E-state index is 13.1. The summed E-state index contributed by atoms with van der Waals surface area (Å²) in [5.74, 6) is 0. The number of anilines is 1. The SMILES string of the molecule is CN1C2CCC1CN(c1ccc([N+](=O)[O-])c(C(F)(F)F)c1)CC2. The molecule has 0 radical (unpaired) electrons. The van der Waals surface area contributed by atoms with Gasteiger partial charge in [0.25, 0.3) is 5.69 Å². The summed E-state index contributed by atoms with van der Waals surface area (Å²) in [6, 6.07) is 4.10. The Balaban J connectivity index is 1.93. The molecule has 0 saturated carbocycles. The number of benzene rings is 1. The van der Waals surface area contributed by atoms with Crippen LogP contribution in [0, 0.1) is 10.1 Å². The molecule has 0 spiro atoms. The van der Waals surface area contributed by atoms with Crippen LogP contribution in [0.25, 0.3) is 0 Å². The molecule has 3 rings (SSSR count). The van der Waals surface area contributed by atoms with Gasteiger partial charge in [-0.15, -0.1) is 0 Å². The first-order chi connectivity index (χ1) is 10.8. The highest BCUT2D eigenvalue weighted by molar-refractivity contribution is 5.57. The van der Waals surface area contributed by atoms with Gasteiger partial charge in [0.05, 0.1) is 4.92 Å². The lowest BCUT2D eigenvalue weighted by atomic mass is 10.1. The van der Waals surface area contributed by atoms with Crippen LogP contribution in [-0.4, -0.2) is 42.0 Å². The van der Waals surface area contributed by atoms with E-state index in [2.05, 4.69) is 11.9 Å². The molecule has 1 aromatic carbocycles. The third kappa shape index (κ3) is 2.99. The fourth-order valence-corrected chi connectivity index (χ4v) is 3.65. The second kappa shape index (κ2) is 5.67. The molecule has 2 fully saturated rings. The van der Waals surface area contributed by atoms with E-state index in [0.717, 1.165) is 31.4 Å². The lowest BCUT2D eigenvalue weighted by Gasteiger charge is -2.28. The molecular formula is C15H18F3N3O2. The van der Waals surface area contributed by atoms with Crippen LogP contribution < -0.4 is 4.90 Å². The quantitative estimate of drug-likeness (QED) is 0.617. The zero-order valence-electron chi connectivity index (χ0n) is 12.7. The molecule has 2 aliphatic rings. The summed E-state index contributed by atoms with van der Waals surface area (Å²) in [5.41, 5.74) is -1.67. The largest absolute Gasteiger partial charge is 0.423 e. The highest BCUT2D eigenvalue weighted by Gasteiger charge is 2.40. The number of nitro benzene ring substituents is 1. The number of nitro groups is 1. The molecule has 0 amide bonds. The van der Waals surface area contributed by atoms with E-state index in [4.69, 9.17) is 0 Å². The lowest BCUT2D eigenvalue weighted by molar-refractivity contribution is -0.388. The van der Waals surface area contributed by atoms with Crippen LogP contribution in [0.4, 0.5) is 24.5 Å². The zero-order valence-corrected chi connectivity index (χ0v) is 12.7. The van der Waals surface area contributed by atoms with E-state index < -0.39 is 22.4 Å². The van der Waals surface area contributed by atoms with Gasteiger partial charge in [-0.25, -0.2) is 0 Å². The molecule has 2 aliphatic heterocycles. The highest BCUT2D eigenvalue weighted by atomic mass is 19.4. The molecule has 23 heavy (non-hydrogen) atoms. The Kier molecular flexibility index (Phi) is 3.95. The number of hydrogen-bond donors (Lipinski definition) is 0. The van der Waals surface area contributed by atoms with Gasteiger partial charge in [-0.2, -0.15) is 13.2 Å². The topological polar surface area (TPSA) is 49.6 Å². The number of halogens is 3. The van der Waals surface area contributed by atoms with Gasteiger partial charge in [0, 0.05) is 36.9 Å². The van der Waals surface area contributed by atoms with E-state index in [1.807, 2.05) is 4.90 Å². The van der Waals surface area contributed by atoms with Gasteiger partial charge >= 0.3 is 6.18 Å². The van der Waals surface area contributed by atoms with Gasteiger partial charge < -0.3 is 4.90 Å². The highest BCUT2D eigenvalue weighted by Crippen LogP contribution is 2.39. The standard InChI is InChI=1S/C15H18F3N3O2/c1-19-10-2-3-12(19)9-20(7-6-10)11-4-5-14(21(22)23)13(8-11)15(16,17)18/h4-5,8,10,12H,2-3,6-7,9H2,1H3. The third-order valence-electron chi connectivity index (χ3n) is 5.00. The Hall–Kier alpha value is -1.83. The molecule has 8 heteroatoms. The van der Waals surface area contributed by atoms with Gasteiger partial charge in [0.1, 0.15) is 5.56 Å². The van der Waals surface area contributed by atoms with Crippen LogP contribution in [0.5, 0.6) is 0 Å². The monoisotopic (exact) mass is 329 g/mol. The van der Waals surface area contributed by atoms with Crippen molar-refractivity contribution in [2.75, 3.05) is 25.0 Å². The summed E-state index contributed by atoms with van der Waals surface area (Å²) in [4.78, 5) is 14.1. The van der Waals surface area contributed by atoms with Crippen molar-refractivity contribution in [1.82, 2.24) is 4.90 Å². The smallest absolute Gasteiger partial charge is 0.370 e. The molecule has 126 valence electrons. The molecule has 1 aromatic rings. The zero-order chi connectivity index (χ0) is 16.8. The van der Waals surface area contributed by atoms with Crippen molar-refractivity contribution in [2.45, 2.75) is 37.5 Å². The predicted molar refractivity (Wildman–Crippen MR) is 79.5 cm³/mol. The lowest BCUT2D eigenvalue weighted by Crippen LogP contribution is -2.36. The third-order valence-corrected chi connectivity index (χ3v) is 5.00. The van der Waals surface area contributed by atoms with Crippen LogP contribution in [0.2, 0.25) is 0 Å². The number of rotatable bonds is 2. The molecule has 0 N–H and O–H groups in total. The van der Waals surface area contributed by atoms with Crippen molar-refractivity contribution in [3.63, 3.8) is 0 Å². The van der Waals surface area contributed by atoms with Gasteiger partial charge in [-0.05, 0) is 38.4 Å². The summed E-state index contributed by atoms with van der Waals surface area (Å²) in [6.07, 6.45) is -1.68. The molecule has 2 unspecified atom stereocenters. The fourth-order valence-electron chi connectivity index (χ4n) is 3.65. The average Bonchev–Trinajstić information content (AvgIpc) is 2.70. The van der Waals surface area contributed by atoms with Crippen molar-refractivity contribution in [2.24, 2.45) is 0 Å². The second-order valence-corrected chi connectivity index (χ2v) is 6.24. The summed E-state index contributed by atoms with van der Waals surface area (Å²) in [7, 11) is 2.06. The summed E-state index contributed by atoms with van der Waals surface area (Å²) < 4.78 is 39.4. The van der Waals surface area contributed by atoms with E-state index in [0.29, 0.717) is 30.9 Å². The average molecular weight is 329 g/mol. The van der Waals surface area contributed by atoms with Crippen LogP contribution in [0.1, 0.15) is 24.8 Å². The first kappa shape index (κ1) is 16.0. The number of likely N-dealkylation sites (N-methyl/N-ethyl adjacent to an activating group) is 1. The minimum Gasteiger partial charge on any atom is -0.370 e. The second-order valence-electron chi connectivity index (χ2n) is 6.24.